The molecule has 0 amide bonds. The fourth-order valence-corrected chi connectivity index (χ4v) is 6.80. The van der Waals surface area contributed by atoms with Gasteiger partial charge in [0.25, 0.3) is 0 Å². The van der Waals surface area contributed by atoms with Crippen molar-refractivity contribution >= 4 is 54.4 Å². The van der Waals surface area contributed by atoms with Crippen LogP contribution < -0.4 is 0 Å². The van der Waals surface area contributed by atoms with Gasteiger partial charge in [0, 0.05) is 38.3 Å². The highest BCUT2D eigenvalue weighted by Gasteiger charge is 2.18. The maximum atomic E-state index is 2.43. The number of fused-ring (bicyclic) bond motifs is 8. The van der Waals surface area contributed by atoms with Gasteiger partial charge in [-0.3, -0.25) is 0 Å². The van der Waals surface area contributed by atoms with Gasteiger partial charge in [0.15, 0.2) is 0 Å². The van der Waals surface area contributed by atoms with Crippen LogP contribution in [0.15, 0.2) is 158 Å². The summed E-state index contributed by atoms with van der Waals surface area (Å²) in [6.07, 6.45) is 0. The average Bonchev–Trinajstić information content (AvgIpc) is 3.57. The van der Waals surface area contributed by atoms with Gasteiger partial charge in [0.1, 0.15) is 0 Å². The van der Waals surface area contributed by atoms with Crippen LogP contribution in [-0.4, -0.2) is 9.13 Å². The highest BCUT2D eigenvalue weighted by Crippen LogP contribution is 2.40. The highest BCUT2D eigenvalue weighted by molar-refractivity contribution is 6.22. The molecule has 0 unspecified atom stereocenters. The monoisotopic (exact) mass is 534 g/mol. The van der Waals surface area contributed by atoms with E-state index in [2.05, 4.69) is 167 Å². The lowest BCUT2D eigenvalue weighted by atomic mass is 10.0. The second-order valence-electron chi connectivity index (χ2n) is 11.0. The largest absolute Gasteiger partial charge is 0.309 e. The summed E-state index contributed by atoms with van der Waals surface area (Å²) in [6.45, 7) is 0. The van der Waals surface area contributed by atoms with Gasteiger partial charge in [-0.05, 0) is 65.0 Å². The Bertz CT molecular complexity index is 2430. The van der Waals surface area contributed by atoms with E-state index in [-0.39, 0.29) is 0 Å². The molecule has 2 aromatic heterocycles. The third-order valence-electron chi connectivity index (χ3n) is 8.69. The van der Waals surface area contributed by atoms with E-state index in [4.69, 9.17) is 0 Å². The number of hydrogen-bond donors (Lipinski definition) is 0. The fraction of sp³-hybridized carbons (Fsp3) is 0. The van der Waals surface area contributed by atoms with Crippen LogP contribution in [0.3, 0.4) is 0 Å². The SMILES string of the molecule is c1ccc(-c2ccc(-n3c4ccccc4c4cc5ccc6c7ccccc7n(-c7ccccc7)c6c5cc43)cc2)cc1. The molecule has 0 aliphatic heterocycles. The molecule has 9 rings (SSSR count). The van der Waals surface area contributed by atoms with Crippen molar-refractivity contribution in [2.75, 3.05) is 0 Å². The minimum absolute atomic E-state index is 1.16. The molecule has 0 aliphatic carbocycles. The molecule has 9 aromatic rings. The molecule has 42 heavy (non-hydrogen) atoms. The smallest absolute Gasteiger partial charge is 0.0620 e. The molecule has 0 aliphatic rings. The molecule has 0 saturated heterocycles. The summed E-state index contributed by atoms with van der Waals surface area (Å²) < 4.78 is 4.85. The lowest BCUT2D eigenvalue weighted by molar-refractivity contribution is 1.18. The zero-order valence-electron chi connectivity index (χ0n) is 22.9. The number of benzene rings is 7. The lowest BCUT2D eigenvalue weighted by Crippen LogP contribution is -1.95. The van der Waals surface area contributed by atoms with Crippen molar-refractivity contribution in [2.45, 2.75) is 0 Å². The Balaban J connectivity index is 1.38. The molecule has 0 bridgehead atoms. The average molecular weight is 535 g/mol. The molecule has 2 heterocycles. The van der Waals surface area contributed by atoms with Crippen molar-refractivity contribution in [3.05, 3.63) is 158 Å². The van der Waals surface area contributed by atoms with E-state index in [1.807, 2.05) is 0 Å². The van der Waals surface area contributed by atoms with Gasteiger partial charge in [-0.2, -0.15) is 0 Å². The normalized spacial score (nSPS) is 11.8. The van der Waals surface area contributed by atoms with Gasteiger partial charge < -0.3 is 9.13 Å². The molecule has 2 nitrogen and oxygen atoms in total. The van der Waals surface area contributed by atoms with Gasteiger partial charge in [-0.1, -0.05) is 109 Å². The van der Waals surface area contributed by atoms with Crippen molar-refractivity contribution in [1.29, 1.82) is 0 Å². The molecule has 0 spiro atoms. The molecule has 2 heteroatoms. The van der Waals surface area contributed by atoms with Crippen LogP contribution in [0, 0.1) is 0 Å². The van der Waals surface area contributed by atoms with E-state index >= 15 is 0 Å². The van der Waals surface area contributed by atoms with Crippen molar-refractivity contribution in [3.63, 3.8) is 0 Å². The summed E-state index contributed by atoms with van der Waals surface area (Å²) >= 11 is 0. The van der Waals surface area contributed by atoms with Crippen LogP contribution in [0.25, 0.3) is 76.9 Å². The molecule has 7 aromatic carbocycles. The molecule has 0 atom stereocenters. The van der Waals surface area contributed by atoms with Crippen molar-refractivity contribution in [3.8, 4) is 22.5 Å². The molecule has 0 N–H and O–H groups in total. The van der Waals surface area contributed by atoms with Crippen LogP contribution in [0.1, 0.15) is 0 Å². The van der Waals surface area contributed by atoms with E-state index in [1.165, 1.54) is 71.2 Å². The Morgan fingerprint density at radius 1 is 0.310 bits per heavy atom. The maximum Gasteiger partial charge on any atom is 0.0620 e. The lowest BCUT2D eigenvalue weighted by Gasteiger charge is -2.12. The summed E-state index contributed by atoms with van der Waals surface area (Å²) in [5, 5.41) is 7.59. The minimum atomic E-state index is 1.16. The molecule has 0 fully saturated rings. The molecule has 196 valence electrons. The van der Waals surface area contributed by atoms with Gasteiger partial charge in [0.05, 0.1) is 22.1 Å². The Labute approximate surface area is 243 Å². The third kappa shape index (κ3) is 3.33. The number of rotatable bonds is 3. The van der Waals surface area contributed by atoms with Crippen LogP contribution >= 0.6 is 0 Å². The van der Waals surface area contributed by atoms with Gasteiger partial charge >= 0.3 is 0 Å². The summed E-state index contributed by atoms with van der Waals surface area (Å²) in [6, 6.07) is 57.2. The van der Waals surface area contributed by atoms with E-state index < -0.39 is 0 Å². The third-order valence-corrected chi connectivity index (χ3v) is 8.69. The van der Waals surface area contributed by atoms with Gasteiger partial charge in [-0.15, -0.1) is 0 Å². The first kappa shape index (κ1) is 23.1. The number of para-hydroxylation sites is 3. The maximum absolute atomic E-state index is 2.43. The number of aromatic nitrogens is 2. The van der Waals surface area contributed by atoms with Crippen LogP contribution in [-0.2, 0) is 0 Å². The Kier molecular flexibility index (Phi) is 4.93. The highest BCUT2D eigenvalue weighted by atomic mass is 15.0. The Morgan fingerprint density at radius 2 is 0.881 bits per heavy atom. The minimum Gasteiger partial charge on any atom is -0.309 e. The van der Waals surface area contributed by atoms with E-state index in [1.54, 1.807) is 0 Å². The van der Waals surface area contributed by atoms with Crippen LogP contribution in [0.4, 0.5) is 0 Å². The van der Waals surface area contributed by atoms with Crippen LogP contribution in [0.5, 0.6) is 0 Å². The first-order valence-electron chi connectivity index (χ1n) is 14.5. The zero-order chi connectivity index (χ0) is 27.6. The van der Waals surface area contributed by atoms with E-state index in [0.717, 1.165) is 5.69 Å². The summed E-state index contributed by atoms with van der Waals surface area (Å²) in [7, 11) is 0. The van der Waals surface area contributed by atoms with Gasteiger partial charge in [-0.25, -0.2) is 0 Å². The summed E-state index contributed by atoms with van der Waals surface area (Å²) in [5.74, 6) is 0. The van der Waals surface area contributed by atoms with E-state index in [0.29, 0.717) is 0 Å². The van der Waals surface area contributed by atoms with Gasteiger partial charge in [0.2, 0.25) is 0 Å². The zero-order valence-corrected chi connectivity index (χ0v) is 22.9. The quantitative estimate of drug-likeness (QED) is 0.213. The summed E-state index contributed by atoms with van der Waals surface area (Å²) in [5.41, 5.74) is 9.70. The Morgan fingerprint density at radius 3 is 1.62 bits per heavy atom. The standard InChI is InChI=1S/C40H26N2/c1-3-11-27(12-4-1)28-19-22-31(23-20-28)41-37-17-9-8-16-33(37)36-25-29-21-24-34-32-15-7-10-18-38(32)42(30-13-5-2-6-14-30)40(34)35(29)26-39(36)41/h1-26H. The molecular weight excluding hydrogens is 508 g/mol. The first-order chi connectivity index (χ1) is 20.8. The molecular formula is C40H26N2. The predicted octanol–water partition coefficient (Wildman–Crippen LogP) is 10.7. The van der Waals surface area contributed by atoms with E-state index in [9.17, 15) is 0 Å². The topological polar surface area (TPSA) is 9.86 Å². The van der Waals surface area contributed by atoms with Crippen LogP contribution in [0.2, 0.25) is 0 Å². The summed E-state index contributed by atoms with van der Waals surface area (Å²) in [4.78, 5) is 0. The first-order valence-corrected chi connectivity index (χ1v) is 14.5. The number of nitrogens with zero attached hydrogens (tertiary/aromatic N) is 2. The second kappa shape index (κ2) is 8.95. The second-order valence-corrected chi connectivity index (χ2v) is 11.0. The van der Waals surface area contributed by atoms with Crippen molar-refractivity contribution in [1.82, 2.24) is 9.13 Å². The fourth-order valence-electron chi connectivity index (χ4n) is 6.80. The molecule has 0 radical (unpaired) electrons. The van der Waals surface area contributed by atoms with Crippen molar-refractivity contribution in [2.24, 2.45) is 0 Å². The number of hydrogen-bond acceptors (Lipinski definition) is 0. The van der Waals surface area contributed by atoms with Crippen molar-refractivity contribution < 1.29 is 0 Å². The molecule has 0 saturated carbocycles. The Hall–Kier alpha value is -5.60. The predicted molar refractivity (Wildman–Crippen MR) is 178 cm³/mol.